The van der Waals surface area contributed by atoms with Gasteiger partial charge in [0.05, 0.1) is 5.69 Å². The second kappa shape index (κ2) is 6.07. The van der Waals surface area contributed by atoms with E-state index in [1.807, 2.05) is 12.1 Å². The molecule has 1 aliphatic heterocycles. The van der Waals surface area contributed by atoms with E-state index in [2.05, 4.69) is 25.8 Å². The minimum atomic E-state index is -0.0703. The third-order valence-electron chi connectivity index (χ3n) is 3.89. The van der Waals surface area contributed by atoms with Gasteiger partial charge >= 0.3 is 0 Å². The molecule has 0 radical (unpaired) electrons. The normalized spacial score (nSPS) is 17.2. The molecular weight excluding hydrogens is 334 g/mol. The van der Waals surface area contributed by atoms with Crippen molar-refractivity contribution in [1.29, 1.82) is 0 Å². The lowest BCUT2D eigenvalue weighted by Crippen LogP contribution is -2.34. The van der Waals surface area contributed by atoms with E-state index in [-0.39, 0.29) is 11.5 Å². The van der Waals surface area contributed by atoms with E-state index in [0.717, 1.165) is 42.4 Å². The molecule has 21 heavy (non-hydrogen) atoms. The zero-order valence-corrected chi connectivity index (χ0v) is 13.1. The lowest BCUT2D eigenvalue weighted by molar-refractivity contribution is -0.112. The smallest absolute Gasteiger partial charge is 0.258 e. The van der Waals surface area contributed by atoms with Crippen molar-refractivity contribution < 1.29 is 4.79 Å². The highest BCUT2D eigenvalue weighted by Gasteiger charge is 2.19. The summed E-state index contributed by atoms with van der Waals surface area (Å²) in [5, 5.41) is 0. The van der Waals surface area contributed by atoms with E-state index >= 15 is 0 Å². The number of carbonyl (C=O) groups is 1. The molecule has 5 nitrogen and oxygen atoms in total. The Morgan fingerprint density at radius 2 is 2.10 bits per heavy atom. The van der Waals surface area contributed by atoms with E-state index in [9.17, 15) is 9.59 Å². The van der Waals surface area contributed by atoms with Gasteiger partial charge < -0.3 is 4.79 Å². The highest BCUT2D eigenvalue weighted by molar-refractivity contribution is 9.10. The van der Waals surface area contributed by atoms with Crippen LogP contribution in [0.2, 0.25) is 0 Å². The Balaban J connectivity index is 1.80. The molecular formula is C15H16BrN3O2. The summed E-state index contributed by atoms with van der Waals surface area (Å²) in [6.45, 7) is 2.42. The number of piperidine rings is 1. The molecule has 3 heterocycles. The third-order valence-corrected chi connectivity index (χ3v) is 4.36. The van der Waals surface area contributed by atoms with Crippen LogP contribution in [0.3, 0.4) is 0 Å². The second-order valence-corrected chi connectivity index (χ2v) is 6.33. The van der Waals surface area contributed by atoms with Gasteiger partial charge in [-0.05, 0) is 54.0 Å². The average molecular weight is 350 g/mol. The number of aldehydes is 1. The SMILES string of the molecule is O=CC1CCN(Cc2cc(=O)n3cc(Br)ccc3n2)CC1. The fourth-order valence-corrected chi connectivity index (χ4v) is 3.02. The van der Waals surface area contributed by atoms with E-state index in [4.69, 9.17) is 0 Å². The molecule has 0 aliphatic carbocycles. The van der Waals surface area contributed by atoms with Crippen LogP contribution >= 0.6 is 15.9 Å². The highest BCUT2D eigenvalue weighted by Crippen LogP contribution is 2.16. The molecule has 0 amide bonds. The number of pyridine rings is 1. The number of halogens is 1. The van der Waals surface area contributed by atoms with Crippen molar-refractivity contribution in [1.82, 2.24) is 14.3 Å². The number of hydrogen-bond acceptors (Lipinski definition) is 4. The van der Waals surface area contributed by atoms with Crippen molar-refractivity contribution in [2.45, 2.75) is 19.4 Å². The van der Waals surface area contributed by atoms with Gasteiger partial charge in [-0.15, -0.1) is 0 Å². The fourth-order valence-electron chi connectivity index (χ4n) is 2.68. The second-order valence-electron chi connectivity index (χ2n) is 5.41. The van der Waals surface area contributed by atoms with Gasteiger partial charge in [0.2, 0.25) is 0 Å². The molecule has 0 saturated carbocycles. The van der Waals surface area contributed by atoms with Gasteiger partial charge in [-0.1, -0.05) is 0 Å². The number of carbonyl (C=O) groups excluding carboxylic acids is 1. The maximum atomic E-state index is 12.1. The summed E-state index contributed by atoms with van der Waals surface area (Å²) in [5.74, 6) is 0.189. The molecule has 3 rings (SSSR count). The van der Waals surface area contributed by atoms with Crippen LogP contribution in [0.1, 0.15) is 18.5 Å². The Morgan fingerprint density at radius 1 is 1.33 bits per heavy atom. The third kappa shape index (κ3) is 3.22. The van der Waals surface area contributed by atoms with Gasteiger partial charge in [0.15, 0.2) is 0 Å². The van der Waals surface area contributed by atoms with Crippen molar-refractivity contribution in [2.24, 2.45) is 5.92 Å². The van der Waals surface area contributed by atoms with Gasteiger partial charge in [-0.2, -0.15) is 0 Å². The molecule has 0 aromatic carbocycles. The minimum absolute atomic E-state index is 0.0703. The first-order valence-electron chi connectivity index (χ1n) is 7.01. The Labute approximate surface area is 130 Å². The Bertz CT molecular complexity index is 720. The minimum Gasteiger partial charge on any atom is -0.303 e. The standard InChI is InChI=1S/C15H16BrN3O2/c16-12-1-2-14-17-13(7-15(21)19(14)8-12)9-18-5-3-11(10-20)4-6-18/h1-2,7-8,10-11H,3-6,9H2. The molecule has 1 aliphatic rings. The number of fused-ring (bicyclic) bond motifs is 1. The van der Waals surface area contributed by atoms with Crippen LogP contribution in [-0.4, -0.2) is 33.7 Å². The summed E-state index contributed by atoms with van der Waals surface area (Å²) in [7, 11) is 0. The largest absolute Gasteiger partial charge is 0.303 e. The molecule has 1 saturated heterocycles. The van der Waals surface area contributed by atoms with E-state index in [0.29, 0.717) is 12.2 Å². The zero-order chi connectivity index (χ0) is 14.8. The van der Waals surface area contributed by atoms with Crippen molar-refractivity contribution in [2.75, 3.05) is 13.1 Å². The summed E-state index contributed by atoms with van der Waals surface area (Å²) in [4.78, 5) is 29.7. The van der Waals surface area contributed by atoms with Crippen molar-refractivity contribution in [3.63, 3.8) is 0 Å². The monoisotopic (exact) mass is 349 g/mol. The number of hydrogen-bond donors (Lipinski definition) is 0. The van der Waals surface area contributed by atoms with Crippen molar-refractivity contribution >= 4 is 27.9 Å². The molecule has 1 fully saturated rings. The van der Waals surface area contributed by atoms with Gasteiger partial charge in [0, 0.05) is 29.2 Å². The Hall–Kier alpha value is -1.53. The van der Waals surface area contributed by atoms with Crippen molar-refractivity contribution in [3.05, 3.63) is 44.9 Å². The van der Waals surface area contributed by atoms with Crippen LogP contribution in [-0.2, 0) is 11.3 Å². The number of aromatic nitrogens is 2. The fraction of sp³-hybridized carbons (Fsp3) is 0.400. The van der Waals surface area contributed by atoms with Crippen LogP contribution in [0.4, 0.5) is 0 Å². The number of likely N-dealkylation sites (tertiary alicyclic amines) is 1. The van der Waals surface area contributed by atoms with Gasteiger partial charge in [0.25, 0.3) is 5.56 Å². The average Bonchev–Trinajstić information content (AvgIpc) is 2.49. The van der Waals surface area contributed by atoms with Crippen LogP contribution in [0.15, 0.2) is 33.7 Å². The predicted octanol–water partition coefficient (Wildman–Crippen LogP) is 1.87. The van der Waals surface area contributed by atoms with Crippen molar-refractivity contribution in [3.8, 4) is 0 Å². The Kier molecular flexibility index (Phi) is 4.17. The first-order chi connectivity index (χ1) is 10.2. The number of nitrogens with zero attached hydrogens (tertiary/aromatic N) is 3. The summed E-state index contributed by atoms with van der Waals surface area (Å²) in [6.07, 6.45) is 4.56. The molecule has 0 atom stereocenters. The lowest BCUT2D eigenvalue weighted by atomic mass is 9.98. The molecule has 0 N–H and O–H groups in total. The molecule has 0 spiro atoms. The molecule has 110 valence electrons. The van der Waals surface area contributed by atoms with Crippen LogP contribution in [0, 0.1) is 5.92 Å². The van der Waals surface area contributed by atoms with E-state index in [1.54, 1.807) is 12.3 Å². The molecule has 2 aromatic heterocycles. The predicted molar refractivity (Wildman–Crippen MR) is 83.2 cm³/mol. The lowest BCUT2D eigenvalue weighted by Gasteiger charge is -2.29. The Morgan fingerprint density at radius 3 is 2.81 bits per heavy atom. The van der Waals surface area contributed by atoms with E-state index in [1.165, 1.54) is 4.40 Å². The first kappa shape index (κ1) is 14.4. The molecule has 6 heteroatoms. The van der Waals surface area contributed by atoms with Crippen LogP contribution < -0.4 is 5.56 Å². The molecule has 2 aromatic rings. The van der Waals surface area contributed by atoms with Crippen LogP contribution in [0.25, 0.3) is 5.65 Å². The maximum Gasteiger partial charge on any atom is 0.258 e. The summed E-state index contributed by atoms with van der Waals surface area (Å²) in [6, 6.07) is 5.29. The first-order valence-corrected chi connectivity index (χ1v) is 7.80. The van der Waals surface area contributed by atoms with Gasteiger partial charge in [0.1, 0.15) is 11.9 Å². The van der Waals surface area contributed by atoms with Gasteiger partial charge in [-0.3, -0.25) is 14.1 Å². The summed E-state index contributed by atoms with van der Waals surface area (Å²) < 4.78 is 2.38. The summed E-state index contributed by atoms with van der Waals surface area (Å²) >= 11 is 3.35. The topological polar surface area (TPSA) is 54.7 Å². The summed E-state index contributed by atoms with van der Waals surface area (Å²) in [5.41, 5.74) is 1.37. The molecule has 0 unspecified atom stereocenters. The number of rotatable bonds is 3. The van der Waals surface area contributed by atoms with Crippen LogP contribution in [0.5, 0.6) is 0 Å². The molecule has 0 bridgehead atoms. The highest BCUT2D eigenvalue weighted by atomic mass is 79.9. The van der Waals surface area contributed by atoms with Gasteiger partial charge in [-0.25, -0.2) is 4.98 Å². The zero-order valence-electron chi connectivity index (χ0n) is 11.5. The quantitative estimate of drug-likeness (QED) is 0.793. The maximum absolute atomic E-state index is 12.1. The van der Waals surface area contributed by atoms with E-state index < -0.39 is 0 Å².